The number of nitrogens with two attached hydrogens (primary N) is 1. The lowest BCUT2D eigenvalue weighted by molar-refractivity contribution is 0.0849. The Kier molecular flexibility index (Phi) is 4.96. The second-order valence-corrected chi connectivity index (χ2v) is 5.80. The first-order valence-corrected chi connectivity index (χ1v) is 7.91. The monoisotopic (exact) mass is 285 g/mol. The van der Waals surface area contributed by atoms with Crippen molar-refractivity contribution in [2.75, 3.05) is 13.1 Å². The maximum Gasteiger partial charge on any atom is 0.0485 e. The van der Waals surface area contributed by atoms with Crippen LogP contribution in [0.1, 0.15) is 45.7 Å². The van der Waals surface area contributed by atoms with Gasteiger partial charge in [-0.2, -0.15) is 0 Å². The minimum atomic E-state index is -0.0406. The van der Waals surface area contributed by atoms with Gasteiger partial charge in [-0.05, 0) is 43.5 Å². The van der Waals surface area contributed by atoms with Crippen LogP contribution in [0.15, 0.2) is 36.7 Å². The van der Waals surface area contributed by atoms with Gasteiger partial charge in [0.1, 0.15) is 0 Å². The number of hydrogen-bond donors (Lipinski definition) is 1. The molecule has 0 saturated heterocycles. The molecule has 2 N–H and O–H groups in total. The molecular weight excluding hydrogens is 258 g/mol. The average molecular weight is 285 g/mol. The highest BCUT2D eigenvalue weighted by molar-refractivity contribution is 5.85. The third kappa shape index (κ3) is 2.81. The number of fused-ring (bicyclic) bond motifs is 1. The van der Waals surface area contributed by atoms with E-state index < -0.39 is 0 Å². The molecule has 0 aliphatic carbocycles. The fourth-order valence-corrected chi connectivity index (χ4v) is 3.34. The van der Waals surface area contributed by atoms with Crippen LogP contribution in [0.2, 0.25) is 0 Å². The Morgan fingerprint density at radius 3 is 2.52 bits per heavy atom. The van der Waals surface area contributed by atoms with E-state index in [1.54, 1.807) is 0 Å². The van der Waals surface area contributed by atoms with Crippen molar-refractivity contribution >= 4 is 10.8 Å². The van der Waals surface area contributed by atoms with Crippen molar-refractivity contribution in [1.82, 2.24) is 9.88 Å². The fourth-order valence-electron chi connectivity index (χ4n) is 3.34. The summed E-state index contributed by atoms with van der Waals surface area (Å²) >= 11 is 0. The minimum Gasteiger partial charge on any atom is -0.322 e. The standard InChI is InChI=1S/C18H27N3/c1-5-18(4,21(6-2)7-3)17(19)16-10-8-9-14-13-20-12-11-15(14)16/h8-13,17H,5-7,19H2,1-4H3. The van der Waals surface area contributed by atoms with Crippen LogP contribution in [-0.2, 0) is 0 Å². The molecule has 3 heteroatoms. The number of benzene rings is 1. The van der Waals surface area contributed by atoms with Crippen molar-refractivity contribution in [1.29, 1.82) is 0 Å². The highest BCUT2D eigenvalue weighted by Crippen LogP contribution is 2.35. The van der Waals surface area contributed by atoms with Crippen LogP contribution in [0.5, 0.6) is 0 Å². The first-order chi connectivity index (χ1) is 10.1. The maximum absolute atomic E-state index is 6.74. The summed E-state index contributed by atoms with van der Waals surface area (Å²) in [5.74, 6) is 0. The molecule has 114 valence electrons. The van der Waals surface area contributed by atoms with Crippen LogP contribution in [-0.4, -0.2) is 28.5 Å². The number of aromatic nitrogens is 1. The summed E-state index contributed by atoms with van der Waals surface area (Å²) in [6.07, 6.45) is 4.78. The van der Waals surface area contributed by atoms with Gasteiger partial charge in [-0.15, -0.1) is 0 Å². The summed E-state index contributed by atoms with van der Waals surface area (Å²) < 4.78 is 0. The van der Waals surface area contributed by atoms with Gasteiger partial charge in [0.15, 0.2) is 0 Å². The van der Waals surface area contributed by atoms with Gasteiger partial charge in [0.05, 0.1) is 0 Å². The summed E-state index contributed by atoms with van der Waals surface area (Å²) in [6.45, 7) is 10.9. The third-order valence-electron chi connectivity index (χ3n) is 4.92. The lowest BCUT2D eigenvalue weighted by Gasteiger charge is -2.44. The Hall–Kier alpha value is -1.45. The summed E-state index contributed by atoms with van der Waals surface area (Å²) in [5, 5.41) is 2.37. The summed E-state index contributed by atoms with van der Waals surface area (Å²) in [4.78, 5) is 6.68. The van der Waals surface area contributed by atoms with Gasteiger partial charge < -0.3 is 5.73 Å². The van der Waals surface area contributed by atoms with Gasteiger partial charge in [-0.3, -0.25) is 9.88 Å². The van der Waals surface area contributed by atoms with E-state index in [2.05, 4.69) is 61.8 Å². The fraction of sp³-hybridized carbons (Fsp3) is 0.500. The first-order valence-electron chi connectivity index (χ1n) is 7.91. The van der Waals surface area contributed by atoms with Crippen molar-refractivity contribution in [2.24, 2.45) is 5.73 Å². The Balaban J connectivity index is 2.52. The molecule has 0 aliphatic heterocycles. The molecule has 0 spiro atoms. The number of rotatable bonds is 6. The molecule has 1 aromatic heterocycles. The first kappa shape index (κ1) is 15.9. The molecule has 0 amide bonds. The zero-order valence-corrected chi connectivity index (χ0v) is 13.6. The van der Waals surface area contributed by atoms with E-state index in [9.17, 15) is 0 Å². The molecule has 3 nitrogen and oxygen atoms in total. The van der Waals surface area contributed by atoms with Gasteiger partial charge in [0, 0.05) is 29.4 Å². The molecule has 1 aromatic carbocycles. The number of pyridine rings is 1. The van der Waals surface area contributed by atoms with Crippen LogP contribution < -0.4 is 5.73 Å². The van der Waals surface area contributed by atoms with Crippen LogP contribution in [0.4, 0.5) is 0 Å². The van der Waals surface area contributed by atoms with E-state index in [4.69, 9.17) is 5.73 Å². The summed E-state index contributed by atoms with van der Waals surface area (Å²) in [5.41, 5.74) is 7.91. The average Bonchev–Trinajstić information content (AvgIpc) is 2.54. The topological polar surface area (TPSA) is 42.1 Å². The third-order valence-corrected chi connectivity index (χ3v) is 4.92. The van der Waals surface area contributed by atoms with Crippen molar-refractivity contribution in [3.8, 4) is 0 Å². The van der Waals surface area contributed by atoms with Crippen LogP contribution in [0.25, 0.3) is 10.8 Å². The molecule has 2 atom stereocenters. The van der Waals surface area contributed by atoms with Crippen LogP contribution >= 0.6 is 0 Å². The molecule has 0 fully saturated rings. The second kappa shape index (κ2) is 6.54. The molecule has 0 bridgehead atoms. The largest absolute Gasteiger partial charge is 0.322 e. The van der Waals surface area contributed by atoms with Crippen molar-refractivity contribution in [3.05, 3.63) is 42.2 Å². The molecule has 2 rings (SSSR count). The quantitative estimate of drug-likeness (QED) is 0.879. The van der Waals surface area contributed by atoms with Gasteiger partial charge in [-0.1, -0.05) is 39.0 Å². The molecule has 2 aromatic rings. The zero-order valence-electron chi connectivity index (χ0n) is 13.6. The highest BCUT2D eigenvalue weighted by Gasteiger charge is 2.36. The normalized spacial score (nSPS) is 16.1. The van der Waals surface area contributed by atoms with Gasteiger partial charge in [0.25, 0.3) is 0 Å². The second-order valence-electron chi connectivity index (χ2n) is 5.80. The molecule has 0 saturated carbocycles. The van der Waals surface area contributed by atoms with Crippen molar-refractivity contribution < 1.29 is 0 Å². The van der Waals surface area contributed by atoms with Crippen molar-refractivity contribution in [3.63, 3.8) is 0 Å². The lowest BCUT2D eigenvalue weighted by atomic mass is 9.82. The smallest absolute Gasteiger partial charge is 0.0485 e. The Bertz CT molecular complexity index is 587. The van der Waals surface area contributed by atoms with E-state index in [-0.39, 0.29) is 11.6 Å². The summed E-state index contributed by atoms with van der Waals surface area (Å²) in [7, 11) is 0. The molecule has 21 heavy (non-hydrogen) atoms. The van der Waals surface area contributed by atoms with E-state index >= 15 is 0 Å². The Morgan fingerprint density at radius 1 is 1.19 bits per heavy atom. The molecule has 1 heterocycles. The number of hydrogen-bond acceptors (Lipinski definition) is 3. The predicted octanol–water partition coefficient (Wildman–Crippen LogP) is 3.75. The van der Waals surface area contributed by atoms with Gasteiger partial charge in [0.2, 0.25) is 0 Å². The number of likely N-dealkylation sites (N-methyl/N-ethyl adjacent to an activating group) is 1. The predicted molar refractivity (Wildman–Crippen MR) is 90.3 cm³/mol. The number of nitrogens with zero attached hydrogens (tertiary/aromatic N) is 2. The zero-order chi connectivity index (χ0) is 15.5. The van der Waals surface area contributed by atoms with E-state index in [1.165, 1.54) is 10.9 Å². The maximum atomic E-state index is 6.74. The van der Waals surface area contributed by atoms with E-state index in [1.807, 2.05) is 12.4 Å². The van der Waals surface area contributed by atoms with E-state index in [0.717, 1.165) is 24.9 Å². The van der Waals surface area contributed by atoms with Crippen LogP contribution in [0, 0.1) is 0 Å². The van der Waals surface area contributed by atoms with E-state index in [0.29, 0.717) is 0 Å². The highest BCUT2D eigenvalue weighted by atomic mass is 15.2. The SMILES string of the molecule is CCN(CC)C(C)(CC)C(N)c1cccc2cnccc12. The molecule has 0 radical (unpaired) electrons. The van der Waals surface area contributed by atoms with Gasteiger partial charge in [-0.25, -0.2) is 0 Å². The lowest BCUT2D eigenvalue weighted by Crippen LogP contribution is -2.53. The molecule has 2 unspecified atom stereocenters. The minimum absolute atomic E-state index is 0.0199. The van der Waals surface area contributed by atoms with Crippen LogP contribution in [0.3, 0.4) is 0 Å². The Labute approximate surface area is 128 Å². The van der Waals surface area contributed by atoms with Crippen molar-refractivity contribution in [2.45, 2.75) is 45.7 Å². The Morgan fingerprint density at radius 2 is 1.90 bits per heavy atom. The molecular formula is C18H27N3. The van der Waals surface area contributed by atoms with Gasteiger partial charge >= 0.3 is 0 Å². The molecule has 0 aliphatic rings. The summed E-state index contributed by atoms with van der Waals surface area (Å²) in [6, 6.07) is 8.39.